The predicted octanol–water partition coefficient (Wildman–Crippen LogP) is 2.76. The van der Waals surface area contributed by atoms with Crippen molar-refractivity contribution in [2.45, 2.75) is 45.1 Å². The third-order valence-corrected chi connectivity index (χ3v) is 5.57. The van der Waals surface area contributed by atoms with E-state index in [9.17, 15) is 0 Å². The Labute approximate surface area is 109 Å². The van der Waals surface area contributed by atoms with Crippen LogP contribution in [0.4, 0.5) is 0 Å². The molecule has 3 rings (SSSR count). The molecule has 0 aromatic heterocycles. The zero-order chi connectivity index (χ0) is 13.0. The number of nitriles is 1. The van der Waals surface area contributed by atoms with E-state index in [1.807, 2.05) is 6.07 Å². The number of hydrogen-bond acceptors (Lipinski definition) is 2. The molecular weight excluding hydrogens is 220 g/mol. The van der Waals surface area contributed by atoms with Crippen molar-refractivity contribution in [3.8, 4) is 6.07 Å². The second kappa shape index (κ2) is 3.59. The van der Waals surface area contributed by atoms with Crippen molar-refractivity contribution < 1.29 is 0 Å². The minimum atomic E-state index is 0.184. The van der Waals surface area contributed by atoms with Crippen LogP contribution in [0.5, 0.6) is 0 Å². The van der Waals surface area contributed by atoms with Gasteiger partial charge in [0.2, 0.25) is 0 Å². The van der Waals surface area contributed by atoms with Crippen molar-refractivity contribution in [1.29, 1.82) is 5.26 Å². The molecule has 1 aromatic carbocycles. The highest BCUT2D eigenvalue weighted by Gasteiger charge is 2.53. The standard InChI is InChI=1S/C16H20N2/c1-15(2)14-9-12-5-4-11(10-17)8-13(12)16(15,3)6-7-18-14/h4-5,8,14,18H,6-7,9H2,1-3H3/t14-,16+/m1/s1. The molecule has 0 unspecified atom stereocenters. The molecule has 1 saturated heterocycles. The first kappa shape index (κ1) is 11.7. The highest BCUT2D eigenvalue weighted by molar-refractivity contribution is 5.46. The normalized spacial score (nSPS) is 32.4. The second-order valence-electron chi connectivity index (χ2n) is 6.50. The van der Waals surface area contributed by atoms with Gasteiger partial charge in [0.05, 0.1) is 11.6 Å². The van der Waals surface area contributed by atoms with Gasteiger partial charge in [-0.1, -0.05) is 26.8 Å². The molecule has 1 aliphatic carbocycles. The van der Waals surface area contributed by atoms with Crippen LogP contribution in [0, 0.1) is 16.7 Å². The van der Waals surface area contributed by atoms with Gasteiger partial charge in [0.15, 0.2) is 0 Å². The van der Waals surface area contributed by atoms with Gasteiger partial charge in [0.1, 0.15) is 0 Å². The average Bonchev–Trinajstić information content (AvgIpc) is 2.33. The molecular formula is C16H20N2. The summed E-state index contributed by atoms with van der Waals surface area (Å²) in [5.74, 6) is 0. The van der Waals surface area contributed by atoms with Gasteiger partial charge in [-0.05, 0) is 48.1 Å². The fourth-order valence-electron chi connectivity index (χ4n) is 3.82. The molecule has 1 aliphatic heterocycles. The monoisotopic (exact) mass is 240 g/mol. The maximum atomic E-state index is 9.12. The molecule has 2 aliphatic rings. The number of fused-ring (bicyclic) bond motifs is 4. The van der Waals surface area contributed by atoms with Gasteiger partial charge in [0, 0.05) is 11.5 Å². The van der Waals surface area contributed by atoms with Gasteiger partial charge in [-0.2, -0.15) is 5.26 Å². The summed E-state index contributed by atoms with van der Waals surface area (Å²) < 4.78 is 0. The van der Waals surface area contributed by atoms with Crippen LogP contribution in [0.1, 0.15) is 43.9 Å². The fraction of sp³-hybridized carbons (Fsp3) is 0.562. The lowest BCUT2D eigenvalue weighted by Gasteiger charge is -2.57. The Balaban J connectivity index is 2.23. The molecule has 0 saturated carbocycles. The molecule has 2 heteroatoms. The lowest BCUT2D eigenvalue weighted by molar-refractivity contribution is 0.0559. The van der Waals surface area contributed by atoms with Gasteiger partial charge in [0.25, 0.3) is 0 Å². The summed E-state index contributed by atoms with van der Waals surface area (Å²) in [6, 6.07) is 9.06. The molecule has 94 valence electrons. The molecule has 2 bridgehead atoms. The molecule has 0 spiro atoms. The maximum Gasteiger partial charge on any atom is 0.0991 e. The Morgan fingerprint density at radius 3 is 2.83 bits per heavy atom. The smallest absolute Gasteiger partial charge is 0.0991 e. The Morgan fingerprint density at radius 2 is 2.11 bits per heavy atom. The molecule has 2 atom stereocenters. The summed E-state index contributed by atoms with van der Waals surface area (Å²) >= 11 is 0. The first-order valence-corrected chi connectivity index (χ1v) is 6.76. The first-order chi connectivity index (χ1) is 8.49. The summed E-state index contributed by atoms with van der Waals surface area (Å²) in [4.78, 5) is 0. The Bertz CT molecular complexity index is 539. The van der Waals surface area contributed by atoms with Crippen molar-refractivity contribution in [3.05, 3.63) is 34.9 Å². The lowest BCUT2D eigenvalue weighted by atomic mass is 9.51. The predicted molar refractivity (Wildman–Crippen MR) is 72.4 cm³/mol. The Kier molecular flexibility index (Phi) is 2.34. The van der Waals surface area contributed by atoms with Gasteiger partial charge >= 0.3 is 0 Å². The molecule has 18 heavy (non-hydrogen) atoms. The van der Waals surface area contributed by atoms with Gasteiger partial charge in [-0.3, -0.25) is 0 Å². The zero-order valence-electron chi connectivity index (χ0n) is 11.4. The molecule has 1 N–H and O–H groups in total. The van der Waals surface area contributed by atoms with E-state index in [2.05, 4.69) is 44.3 Å². The Hall–Kier alpha value is -1.33. The SMILES string of the molecule is CC1(C)[C@H]2Cc3ccc(C#N)cc3[C@]1(C)CCN2. The molecule has 2 nitrogen and oxygen atoms in total. The second-order valence-corrected chi connectivity index (χ2v) is 6.50. The summed E-state index contributed by atoms with van der Waals surface area (Å²) in [6.45, 7) is 8.19. The summed E-state index contributed by atoms with van der Waals surface area (Å²) in [6.07, 6.45) is 2.24. The van der Waals surface area contributed by atoms with E-state index < -0.39 is 0 Å². The molecule has 0 radical (unpaired) electrons. The number of hydrogen-bond donors (Lipinski definition) is 1. The van der Waals surface area contributed by atoms with E-state index in [1.165, 1.54) is 11.1 Å². The highest BCUT2D eigenvalue weighted by atomic mass is 15.0. The van der Waals surface area contributed by atoms with Gasteiger partial charge in [-0.25, -0.2) is 0 Å². The van der Waals surface area contributed by atoms with Crippen LogP contribution < -0.4 is 5.32 Å². The quantitative estimate of drug-likeness (QED) is 0.757. The molecule has 0 amide bonds. The topological polar surface area (TPSA) is 35.8 Å². The number of piperidine rings is 1. The van der Waals surface area contributed by atoms with Crippen molar-refractivity contribution in [2.75, 3.05) is 6.54 Å². The summed E-state index contributed by atoms with van der Waals surface area (Å²) in [5, 5.41) is 12.8. The van der Waals surface area contributed by atoms with E-state index in [-0.39, 0.29) is 10.8 Å². The minimum absolute atomic E-state index is 0.184. The molecule has 1 aromatic rings. The van der Waals surface area contributed by atoms with Crippen LogP contribution in [0.25, 0.3) is 0 Å². The largest absolute Gasteiger partial charge is 0.313 e. The summed E-state index contributed by atoms with van der Waals surface area (Å²) in [5.41, 5.74) is 4.05. The Morgan fingerprint density at radius 1 is 1.33 bits per heavy atom. The van der Waals surface area contributed by atoms with E-state index in [4.69, 9.17) is 5.26 Å². The lowest BCUT2D eigenvalue weighted by Crippen LogP contribution is -2.62. The van der Waals surface area contributed by atoms with Gasteiger partial charge < -0.3 is 5.32 Å². The van der Waals surface area contributed by atoms with Crippen molar-refractivity contribution in [3.63, 3.8) is 0 Å². The number of nitrogens with zero attached hydrogens (tertiary/aromatic N) is 1. The fourth-order valence-corrected chi connectivity index (χ4v) is 3.82. The van der Waals surface area contributed by atoms with E-state index in [0.717, 1.165) is 24.9 Å². The van der Waals surface area contributed by atoms with E-state index in [0.29, 0.717) is 6.04 Å². The van der Waals surface area contributed by atoms with Crippen LogP contribution in [0.3, 0.4) is 0 Å². The number of benzene rings is 1. The minimum Gasteiger partial charge on any atom is -0.313 e. The molecule has 1 fully saturated rings. The van der Waals surface area contributed by atoms with Crippen molar-refractivity contribution >= 4 is 0 Å². The first-order valence-electron chi connectivity index (χ1n) is 6.76. The van der Waals surface area contributed by atoms with Crippen LogP contribution in [-0.2, 0) is 11.8 Å². The zero-order valence-corrected chi connectivity index (χ0v) is 11.4. The third-order valence-electron chi connectivity index (χ3n) is 5.57. The van der Waals surface area contributed by atoms with E-state index in [1.54, 1.807) is 0 Å². The summed E-state index contributed by atoms with van der Waals surface area (Å²) in [7, 11) is 0. The maximum absolute atomic E-state index is 9.12. The average molecular weight is 240 g/mol. The van der Waals surface area contributed by atoms with E-state index >= 15 is 0 Å². The van der Waals surface area contributed by atoms with Gasteiger partial charge in [-0.15, -0.1) is 0 Å². The highest BCUT2D eigenvalue weighted by Crippen LogP contribution is 2.53. The van der Waals surface area contributed by atoms with Crippen LogP contribution in [0.15, 0.2) is 18.2 Å². The van der Waals surface area contributed by atoms with Crippen molar-refractivity contribution in [1.82, 2.24) is 5.32 Å². The van der Waals surface area contributed by atoms with Crippen LogP contribution in [0.2, 0.25) is 0 Å². The number of nitrogens with one attached hydrogen (secondary N) is 1. The molecule has 1 heterocycles. The third kappa shape index (κ3) is 1.31. The van der Waals surface area contributed by atoms with Crippen LogP contribution >= 0.6 is 0 Å². The van der Waals surface area contributed by atoms with Crippen LogP contribution in [-0.4, -0.2) is 12.6 Å². The van der Waals surface area contributed by atoms with Crippen molar-refractivity contribution in [2.24, 2.45) is 5.41 Å². The number of rotatable bonds is 0.